The van der Waals surface area contributed by atoms with Crippen molar-refractivity contribution in [3.8, 4) is 5.75 Å². The number of benzene rings is 1. The Morgan fingerprint density at radius 2 is 2.05 bits per heavy atom. The summed E-state index contributed by atoms with van der Waals surface area (Å²) in [4.78, 5) is 15.0. The Labute approximate surface area is 125 Å². The molecule has 3 nitrogen and oxygen atoms in total. The fraction of sp³-hybridized carbons (Fsp3) is 0.278. The van der Waals surface area contributed by atoms with E-state index in [1.54, 1.807) is 12.1 Å². The van der Waals surface area contributed by atoms with Gasteiger partial charge in [-0.15, -0.1) is 0 Å². The maximum Gasteiger partial charge on any atom is 0.336 e. The smallest absolute Gasteiger partial charge is 0.336 e. The van der Waals surface area contributed by atoms with E-state index in [2.05, 4.69) is 24.9 Å². The van der Waals surface area contributed by atoms with E-state index >= 15 is 0 Å². The summed E-state index contributed by atoms with van der Waals surface area (Å²) >= 11 is 0. The molecule has 0 amide bonds. The second-order valence-corrected chi connectivity index (χ2v) is 5.46. The van der Waals surface area contributed by atoms with Crippen LogP contribution in [0.2, 0.25) is 0 Å². The fourth-order valence-electron chi connectivity index (χ4n) is 2.10. The molecule has 2 rings (SSSR count). The van der Waals surface area contributed by atoms with Crippen molar-refractivity contribution in [3.63, 3.8) is 0 Å². The summed E-state index contributed by atoms with van der Waals surface area (Å²) in [7, 11) is 0. The highest BCUT2D eigenvalue weighted by Gasteiger charge is 2.04. The maximum atomic E-state index is 11.9. The topological polar surface area (TPSA) is 42.1 Å². The first-order valence-corrected chi connectivity index (χ1v) is 7.14. The Hall–Kier alpha value is -2.29. The van der Waals surface area contributed by atoms with Gasteiger partial charge in [0.25, 0.3) is 0 Å². The zero-order chi connectivity index (χ0) is 15.2. The Kier molecular flexibility index (Phi) is 4.99. The predicted octanol–water partition coefficient (Wildman–Crippen LogP) is 4.77. The van der Waals surface area contributed by atoms with Crippen LogP contribution in [-0.2, 0) is 4.79 Å². The van der Waals surface area contributed by atoms with Gasteiger partial charge in [-0.1, -0.05) is 17.2 Å². The molecule has 0 aliphatic carbocycles. The number of rotatable bonds is 5. The zero-order valence-corrected chi connectivity index (χ0v) is 12.8. The van der Waals surface area contributed by atoms with Crippen LogP contribution < -0.4 is 4.74 Å². The summed E-state index contributed by atoms with van der Waals surface area (Å²) in [5.74, 6) is 0.250. The van der Waals surface area contributed by atoms with E-state index in [-0.39, 0.29) is 5.97 Å². The second kappa shape index (κ2) is 6.93. The number of aromatic nitrogens is 1. The van der Waals surface area contributed by atoms with Crippen molar-refractivity contribution in [3.05, 3.63) is 53.8 Å². The van der Waals surface area contributed by atoms with Crippen LogP contribution in [0.15, 0.2) is 53.8 Å². The molecule has 0 saturated carbocycles. The molecule has 3 heteroatoms. The SMILES string of the molecule is CC(C)=CCC/C(C)=C/C(=O)Oc1ccc2[nH]ccc2c1. The summed E-state index contributed by atoms with van der Waals surface area (Å²) < 4.78 is 5.35. The van der Waals surface area contributed by atoms with Crippen molar-refractivity contribution in [2.45, 2.75) is 33.6 Å². The third-order valence-corrected chi connectivity index (χ3v) is 3.20. The highest BCUT2D eigenvalue weighted by Crippen LogP contribution is 2.20. The Morgan fingerprint density at radius 1 is 1.24 bits per heavy atom. The van der Waals surface area contributed by atoms with Gasteiger partial charge >= 0.3 is 5.97 Å². The number of ether oxygens (including phenoxy) is 1. The number of allylic oxidation sites excluding steroid dienone is 3. The summed E-state index contributed by atoms with van der Waals surface area (Å²) in [5.41, 5.74) is 3.36. The molecule has 110 valence electrons. The maximum absolute atomic E-state index is 11.9. The zero-order valence-electron chi connectivity index (χ0n) is 12.8. The summed E-state index contributed by atoms with van der Waals surface area (Å²) in [6, 6.07) is 7.51. The lowest BCUT2D eigenvalue weighted by molar-refractivity contribution is -0.129. The van der Waals surface area contributed by atoms with Crippen molar-refractivity contribution < 1.29 is 9.53 Å². The number of fused-ring (bicyclic) bond motifs is 1. The first-order valence-electron chi connectivity index (χ1n) is 7.14. The van der Waals surface area contributed by atoms with Crippen LogP contribution in [0, 0.1) is 0 Å². The Balaban J connectivity index is 1.95. The van der Waals surface area contributed by atoms with E-state index in [9.17, 15) is 4.79 Å². The molecule has 0 saturated heterocycles. The van der Waals surface area contributed by atoms with Crippen molar-refractivity contribution in [2.75, 3.05) is 0 Å². The second-order valence-electron chi connectivity index (χ2n) is 5.46. The molecular formula is C18H21NO2. The molecule has 0 unspecified atom stereocenters. The molecule has 2 aromatic rings. The molecule has 0 atom stereocenters. The van der Waals surface area contributed by atoms with Gasteiger partial charge in [-0.25, -0.2) is 4.79 Å². The molecule has 1 aromatic heterocycles. The van der Waals surface area contributed by atoms with Gasteiger partial charge in [0.2, 0.25) is 0 Å². The number of hydrogen-bond acceptors (Lipinski definition) is 2. The highest BCUT2D eigenvalue weighted by atomic mass is 16.5. The highest BCUT2D eigenvalue weighted by molar-refractivity contribution is 5.86. The molecule has 0 aliphatic rings. The average Bonchev–Trinajstić information content (AvgIpc) is 2.85. The number of esters is 1. The lowest BCUT2D eigenvalue weighted by Gasteiger charge is -2.03. The molecule has 0 bridgehead atoms. The average molecular weight is 283 g/mol. The standard InChI is InChI=1S/C18H21NO2/c1-13(2)5-4-6-14(3)11-18(20)21-16-7-8-17-15(12-16)9-10-19-17/h5,7-12,19H,4,6H2,1-3H3/b14-11+. The summed E-state index contributed by atoms with van der Waals surface area (Å²) in [5, 5.41) is 1.03. The number of carbonyl (C=O) groups excluding carboxylic acids is 1. The van der Waals surface area contributed by atoms with E-state index in [4.69, 9.17) is 4.74 Å². The predicted molar refractivity (Wildman–Crippen MR) is 86.4 cm³/mol. The molecule has 21 heavy (non-hydrogen) atoms. The molecule has 1 heterocycles. The normalized spacial score (nSPS) is 11.5. The first-order chi connectivity index (χ1) is 10.0. The molecule has 0 fully saturated rings. The molecule has 0 spiro atoms. The molecule has 0 aliphatic heterocycles. The third-order valence-electron chi connectivity index (χ3n) is 3.20. The Bertz CT molecular complexity index is 688. The van der Waals surface area contributed by atoms with Gasteiger partial charge in [-0.05, 0) is 57.9 Å². The van der Waals surface area contributed by atoms with Gasteiger partial charge < -0.3 is 9.72 Å². The Morgan fingerprint density at radius 3 is 2.81 bits per heavy atom. The minimum atomic E-state index is -0.320. The molecule has 1 N–H and O–H groups in total. The summed E-state index contributed by atoms with van der Waals surface area (Å²) in [6.45, 7) is 6.10. The van der Waals surface area contributed by atoms with Gasteiger partial charge in [0.15, 0.2) is 0 Å². The van der Waals surface area contributed by atoms with Gasteiger partial charge in [-0.3, -0.25) is 0 Å². The van der Waals surface area contributed by atoms with Crippen LogP contribution in [0.25, 0.3) is 10.9 Å². The lowest BCUT2D eigenvalue weighted by atomic mass is 10.1. The number of aromatic amines is 1. The van der Waals surface area contributed by atoms with Crippen molar-refractivity contribution in [1.82, 2.24) is 4.98 Å². The van der Waals surface area contributed by atoms with Crippen molar-refractivity contribution >= 4 is 16.9 Å². The fourth-order valence-corrected chi connectivity index (χ4v) is 2.10. The first kappa shape index (κ1) is 15.1. The number of hydrogen-bond donors (Lipinski definition) is 1. The van der Waals surface area contributed by atoms with E-state index in [0.29, 0.717) is 5.75 Å². The number of carbonyl (C=O) groups is 1. The monoisotopic (exact) mass is 283 g/mol. The van der Waals surface area contributed by atoms with Crippen LogP contribution in [-0.4, -0.2) is 11.0 Å². The van der Waals surface area contributed by atoms with E-state index in [1.165, 1.54) is 5.57 Å². The van der Waals surface area contributed by atoms with Crippen molar-refractivity contribution in [2.24, 2.45) is 0 Å². The quantitative estimate of drug-likeness (QED) is 0.372. The van der Waals surface area contributed by atoms with Crippen LogP contribution in [0.4, 0.5) is 0 Å². The molecular weight excluding hydrogens is 262 g/mol. The number of nitrogens with one attached hydrogen (secondary N) is 1. The van der Waals surface area contributed by atoms with E-state index < -0.39 is 0 Å². The van der Waals surface area contributed by atoms with Crippen LogP contribution >= 0.6 is 0 Å². The molecule has 1 aromatic carbocycles. The van der Waals surface area contributed by atoms with Gasteiger partial charge in [-0.2, -0.15) is 0 Å². The van der Waals surface area contributed by atoms with Crippen LogP contribution in [0.3, 0.4) is 0 Å². The molecule has 0 radical (unpaired) electrons. The van der Waals surface area contributed by atoms with Crippen LogP contribution in [0.5, 0.6) is 5.75 Å². The van der Waals surface area contributed by atoms with Gasteiger partial charge in [0, 0.05) is 23.2 Å². The van der Waals surface area contributed by atoms with E-state index in [0.717, 1.165) is 29.3 Å². The minimum absolute atomic E-state index is 0.320. The number of H-pyrrole nitrogens is 1. The lowest BCUT2D eigenvalue weighted by Crippen LogP contribution is -2.04. The van der Waals surface area contributed by atoms with Gasteiger partial charge in [0.1, 0.15) is 5.75 Å². The third kappa shape index (κ3) is 4.63. The van der Waals surface area contributed by atoms with Crippen molar-refractivity contribution in [1.29, 1.82) is 0 Å². The van der Waals surface area contributed by atoms with E-state index in [1.807, 2.05) is 31.3 Å². The van der Waals surface area contributed by atoms with Crippen LogP contribution in [0.1, 0.15) is 33.6 Å². The van der Waals surface area contributed by atoms with Gasteiger partial charge in [0.05, 0.1) is 0 Å². The largest absolute Gasteiger partial charge is 0.423 e. The minimum Gasteiger partial charge on any atom is -0.423 e. The summed E-state index contributed by atoms with van der Waals surface area (Å²) in [6.07, 6.45) is 7.43.